The minimum Gasteiger partial charge on any atom is -0.491 e. The lowest BCUT2D eigenvalue weighted by Crippen LogP contribution is -2.29. The van der Waals surface area contributed by atoms with E-state index in [1.54, 1.807) is 0 Å². The van der Waals surface area contributed by atoms with Gasteiger partial charge in [-0.1, -0.05) is 12.1 Å². The van der Waals surface area contributed by atoms with E-state index in [4.69, 9.17) is 4.74 Å². The number of carbonyl (C=O) groups is 1. The van der Waals surface area contributed by atoms with Gasteiger partial charge in [-0.2, -0.15) is 0 Å². The Balaban J connectivity index is 1.82. The highest BCUT2D eigenvalue weighted by Gasteiger charge is 2.29. The molecule has 0 heterocycles. The Morgan fingerprint density at radius 2 is 1.94 bits per heavy atom. The van der Waals surface area contributed by atoms with Crippen LogP contribution in [-0.4, -0.2) is 19.1 Å². The molecular formula is C15H21NO2. The average Bonchev–Trinajstić information content (AvgIpc) is 3.17. The number of nitrogens with one attached hydrogen (secondary N) is 1. The van der Waals surface area contributed by atoms with Crippen molar-refractivity contribution >= 4 is 5.91 Å². The number of carbonyl (C=O) groups excluding carboxylic acids is 1. The van der Waals surface area contributed by atoms with Gasteiger partial charge in [0.15, 0.2) is 0 Å². The molecule has 0 aromatic heterocycles. The largest absolute Gasteiger partial charge is 0.491 e. The second-order valence-corrected chi connectivity index (χ2v) is 5.07. The van der Waals surface area contributed by atoms with Crippen LogP contribution >= 0.6 is 0 Å². The molecule has 1 aliphatic carbocycles. The first-order chi connectivity index (χ1) is 8.59. The molecule has 0 atom stereocenters. The number of rotatable bonds is 5. The smallest absolute Gasteiger partial charge is 0.223 e. The summed E-state index contributed by atoms with van der Waals surface area (Å²) in [5.41, 5.74) is 3.56. The lowest BCUT2D eigenvalue weighted by atomic mass is 10.1. The molecule has 1 N–H and O–H groups in total. The van der Waals surface area contributed by atoms with E-state index in [0.29, 0.717) is 13.2 Å². The van der Waals surface area contributed by atoms with E-state index in [1.807, 2.05) is 6.92 Å². The fourth-order valence-corrected chi connectivity index (χ4v) is 1.96. The van der Waals surface area contributed by atoms with Gasteiger partial charge >= 0.3 is 0 Å². The van der Waals surface area contributed by atoms with Gasteiger partial charge in [-0.25, -0.2) is 0 Å². The summed E-state index contributed by atoms with van der Waals surface area (Å²) in [6.07, 6.45) is 2.09. The van der Waals surface area contributed by atoms with Gasteiger partial charge < -0.3 is 10.1 Å². The van der Waals surface area contributed by atoms with Crippen LogP contribution in [0.15, 0.2) is 12.1 Å². The Hall–Kier alpha value is -1.51. The van der Waals surface area contributed by atoms with Crippen molar-refractivity contribution in [1.29, 1.82) is 0 Å². The van der Waals surface area contributed by atoms with Crippen LogP contribution in [0.2, 0.25) is 0 Å². The van der Waals surface area contributed by atoms with E-state index in [-0.39, 0.29) is 11.8 Å². The Labute approximate surface area is 109 Å². The molecule has 0 radical (unpaired) electrons. The molecule has 1 fully saturated rings. The van der Waals surface area contributed by atoms with Crippen molar-refractivity contribution in [1.82, 2.24) is 5.32 Å². The molecule has 0 bridgehead atoms. The van der Waals surface area contributed by atoms with Gasteiger partial charge in [-0.3, -0.25) is 4.79 Å². The standard InChI is InChI=1S/C15H21NO2/c1-10-4-5-11(2)14(12(10)3)18-9-8-16-15(17)13-6-7-13/h4-5,13H,6-9H2,1-3H3,(H,16,17). The third kappa shape index (κ3) is 3.03. The summed E-state index contributed by atoms with van der Waals surface area (Å²) >= 11 is 0. The fourth-order valence-electron chi connectivity index (χ4n) is 1.96. The summed E-state index contributed by atoms with van der Waals surface area (Å²) in [4.78, 5) is 11.4. The molecule has 1 saturated carbocycles. The van der Waals surface area contributed by atoms with Crippen LogP contribution in [0, 0.1) is 26.7 Å². The van der Waals surface area contributed by atoms with E-state index in [2.05, 4.69) is 31.3 Å². The van der Waals surface area contributed by atoms with E-state index in [0.717, 1.165) is 24.2 Å². The van der Waals surface area contributed by atoms with Gasteiger partial charge in [0.25, 0.3) is 0 Å². The molecule has 0 saturated heterocycles. The molecule has 1 aromatic rings. The van der Waals surface area contributed by atoms with Crippen molar-refractivity contribution < 1.29 is 9.53 Å². The molecule has 0 spiro atoms. The maximum absolute atomic E-state index is 11.4. The minimum absolute atomic E-state index is 0.177. The van der Waals surface area contributed by atoms with Gasteiger partial charge in [0.05, 0.1) is 6.54 Å². The van der Waals surface area contributed by atoms with Crippen molar-refractivity contribution in [3.8, 4) is 5.75 Å². The Bertz CT molecular complexity index is 450. The summed E-state index contributed by atoms with van der Waals surface area (Å²) in [5.74, 6) is 1.40. The van der Waals surface area contributed by atoms with Crippen molar-refractivity contribution in [3.05, 3.63) is 28.8 Å². The first kappa shape index (κ1) is 12.9. The van der Waals surface area contributed by atoms with Crippen LogP contribution in [0.25, 0.3) is 0 Å². The number of benzene rings is 1. The predicted octanol–water partition coefficient (Wildman–Crippen LogP) is 2.52. The van der Waals surface area contributed by atoms with E-state index in [1.165, 1.54) is 11.1 Å². The predicted molar refractivity (Wildman–Crippen MR) is 71.9 cm³/mol. The first-order valence-electron chi connectivity index (χ1n) is 6.57. The SMILES string of the molecule is Cc1ccc(C)c(OCCNC(=O)C2CC2)c1C. The molecular weight excluding hydrogens is 226 g/mol. The molecule has 0 unspecified atom stereocenters. The van der Waals surface area contributed by atoms with Crippen molar-refractivity contribution in [2.75, 3.05) is 13.2 Å². The second kappa shape index (κ2) is 5.42. The first-order valence-corrected chi connectivity index (χ1v) is 6.57. The molecule has 2 rings (SSSR count). The molecule has 1 aliphatic rings. The summed E-state index contributed by atoms with van der Waals surface area (Å²) in [6.45, 7) is 7.31. The topological polar surface area (TPSA) is 38.3 Å². The normalized spacial score (nSPS) is 14.4. The molecule has 1 amide bonds. The summed E-state index contributed by atoms with van der Waals surface area (Å²) in [6, 6.07) is 4.17. The highest BCUT2D eigenvalue weighted by Crippen LogP contribution is 2.28. The maximum Gasteiger partial charge on any atom is 0.223 e. The third-order valence-corrected chi connectivity index (χ3v) is 3.47. The summed E-state index contributed by atoms with van der Waals surface area (Å²) < 4.78 is 5.78. The monoisotopic (exact) mass is 247 g/mol. The minimum atomic E-state index is 0.177. The van der Waals surface area contributed by atoms with E-state index < -0.39 is 0 Å². The zero-order valence-corrected chi connectivity index (χ0v) is 11.4. The molecule has 18 heavy (non-hydrogen) atoms. The van der Waals surface area contributed by atoms with Crippen molar-refractivity contribution in [2.45, 2.75) is 33.6 Å². The van der Waals surface area contributed by atoms with Gasteiger partial charge in [0, 0.05) is 5.92 Å². The third-order valence-electron chi connectivity index (χ3n) is 3.47. The summed E-state index contributed by atoms with van der Waals surface area (Å²) in [5, 5.41) is 2.90. The zero-order chi connectivity index (χ0) is 13.1. The van der Waals surface area contributed by atoms with Crippen LogP contribution in [0.4, 0.5) is 0 Å². The number of amides is 1. The van der Waals surface area contributed by atoms with Crippen LogP contribution in [0.3, 0.4) is 0 Å². The van der Waals surface area contributed by atoms with E-state index >= 15 is 0 Å². The lowest BCUT2D eigenvalue weighted by molar-refractivity contribution is -0.122. The zero-order valence-electron chi connectivity index (χ0n) is 11.4. The number of hydrogen-bond acceptors (Lipinski definition) is 2. The maximum atomic E-state index is 11.4. The van der Waals surface area contributed by atoms with Crippen LogP contribution in [0.1, 0.15) is 29.5 Å². The molecule has 3 heteroatoms. The van der Waals surface area contributed by atoms with Gasteiger partial charge in [-0.15, -0.1) is 0 Å². The average molecular weight is 247 g/mol. The number of aryl methyl sites for hydroxylation is 2. The van der Waals surface area contributed by atoms with Crippen molar-refractivity contribution in [2.24, 2.45) is 5.92 Å². The highest BCUT2D eigenvalue weighted by atomic mass is 16.5. The summed E-state index contributed by atoms with van der Waals surface area (Å²) in [7, 11) is 0. The highest BCUT2D eigenvalue weighted by molar-refractivity contribution is 5.80. The molecule has 98 valence electrons. The number of hydrogen-bond donors (Lipinski definition) is 1. The fraction of sp³-hybridized carbons (Fsp3) is 0.533. The Morgan fingerprint density at radius 3 is 2.61 bits per heavy atom. The Morgan fingerprint density at radius 1 is 1.28 bits per heavy atom. The van der Waals surface area contributed by atoms with Crippen LogP contribution in [-0.2, 0) is 4.79 Å². The number of ether oxygens (including phenoxy) is 1. The van der Waals surface area contributed by atoms with Crippen molar-refractivity contribution in [3.63, 3.8) is 0 Å². The lowest BCUT2D eigenvalue weighted by Gasteiger charge is -2.14. The van der Waals surface area contributed by atoms with Gasteiger partial charge in [-0.05, 0) is 50.3 Å². The molecule has 0 aliphatic heterocycles. The van der Waals surface area contributed by atoms with Crippen LogP contribution < -0.4 is 10.1 Å². The second-order valence-electron chi connectivity index (χ2n) is 5.07. The van der Waals surface area contributed by atoms with Gasteiger partial charge in [0.1, 0.15) is 12.4 Å². The molecule has 1 aromatic carbocycles. The quantitative estimate of drug-likeness (QED) is 0.812. The Kier molecular flexibility index (Phi) is 3.90. The van der Waals surface area contributed by atoms with Crippen LogP contribution in [0.5, 0.6) is 5.75 Å². The molecule has 3 nitrogen and oxygen atoms in total. The van der Waals surface area contributed by atoms with E-state index in [9.17, 15) is 4.79 Å². The van der Waals surface area contributed by atoms with Gasteiger partial charge in [0.2, 0.25) is 5.91 Å².